The van der Waals surface area contributed by atoms with Crippen LogP contribution >= 0.6 is 0 Å². The van der Waals surface area contributed by atoms with E-state index in [1.165, 1.54) is 18.6 Å². The molecule has 3 aliphatic rings. The molecule has 4 rings (SSSR count). The zero-order valence-electron chi connectivity index (χ0n) is 16.9. The second-order valence-corrected chi connectivity index (χ2v) is 8.53. The molecule has 3 heterocycles. The molecule has 6 nitrogen and oxygen atoms in total. The smallest absolute Gasteiger partial charge is 0.237 e. The SMILES string of the molecule is O=C1NC[C@@H](CCC(=O)N2CCCCC2)N2C[C@H](NCc3ccc(F)cc3)C[C@H]12. The first kappa shape index (κ1) is 20.3. The molecule has 0 radical (unpaired) electrons. The van der Waals surface area contributed by atoms with Crippen molar-refractivity contribution in [1.82, 2.24) is 20.4 Å². The summed E-state index contributed by atoms with van der Waals surface area (Å²) >= 11 is 0. The molecule has 158 valence electrons. The number of hydrogen-bond acceptors (Lipinski definition) is 4. The van der Waals surface area contributed by atoms with Crippen LogP contribution in [0.4, 0.5) is 4.39 Å². The van der Waals surface area contributed by atoms with E-state index >= 15 is 0 Å². The van der Waals surface area contributed by atoms with Gasteiger partial charge in [-0.1, -0.05) is 12.1 Å². The van der Waals surface area contributed by atoms with Gasteiger partial charge in [-0.05, 0) is 49.8 Å². The van der Waals surface area contributed by atoms with Gasteiger partial charge in [0.15, 0.2) is 0 Å². The summed E-state index contributed by atoms with van der Waals surface area (Å²) in [7, 11) is 0. The number of piperidine rings is 1. The first-order valence-electron chi connectivity index (χ1n) is 10.9. The van der Waals surface area contributed by atoms with Gasteiger partial charge in [0.1, 0.15) is 5.82 Å². The van der Waals surface area contributed by atoms with Gasteiger partial charge in [-0.15, -0.1) is 0 Å². The molecule has 7 heteroatoms. The number of carbonyl (C=O) groups is 2. The average Bonchev–Trinajstić information content (AvgIpc) is 3.19. The Labute approximate surface area is 171 Å². The Morgan fingerprint density at radius 3 is 2.69 bits per heavy atom. The van der Waals surface area contributed by atoms with Crippen LogP contribution in [0.15, 0.2) is 24.3 Å². The van der Waals surface area contributed by atoms with Crippen LogP contribution in [0.2, 0.25) is 0 Å². The van der Waals surface area contributed by atoms with E-state index in [1.54, 1.807) is 12.1 Å². The number of hydrogen-bond donors (Lipinski definition) is 2. The molecular weight excluding hydrogens is 371 g/mol. The van der Waals surface area contributed by atoms with Crippen molar-refractivity contribution in [3.05, 3.63) is 35.6 Å². The average molecular weight is 403 g/mol. The molecule has 0 bridgehead atoms. The quantitative estimate of drug-likeness (QED) is 0.760. The zero-order chi connectivity index (χ0) is 20.2. The Bertz CT molecular complexity index is 720. The number of fused-ring (bicyclic) bond motifs is 1. The summed E-state index contributed by atoms with van der Waals surface area (Å²) in [6.07, 6.45) is 5.56. The third kappa shape index (κ3) is 4.95. The van der Waals surface area contributed by atoms with Crippen LogP contribution in [0.5, 0.6) is 0 Å². The molecule has 3 atom stereocenters. The lowest BCUT2D eigenvalue weighted by Crippen LogP contribution is -2.58. The van der Waals surface area contributed by atoms with Gasteiger partial charge in [-0.2, -0.15) is 0 Å². The van der Waals surface area contributed by atoms with Gasteiger partial charge in [-0.25, -0.2) is 4.39 Å². The Hall–Kier alpha value is -1.99. The second-order valence-electron chi connectivity index (χ2n) is 8.53. The van der Waals surface area contributed by atoms with Crippen molar-refractivity contribution < 1.29 is 14.0 Å². The van der Waals surface area contributed by atoms with Crippen LogP contribution in [0.3, 0.4) is 0 Å². The lowest BCUT2D eigenvalue weighted by atomic mass is 10.0. The second kappa shape index (κ2) is 9.22. The van der Waals surface area contributed by atoms with Gasteiger partial charge in [0.05, 0.1) is 6.04 Å². The van der Waals surface area contributed by atoms with E-state index in [1.807, 2.05) is 4.90 Å². The molecular formula is C22H31FN4O2. The molecule has 2 amide bonds. The molecule has 29 heavy (non-hydrogen) atoms. The number of likely N-dealkylation sites (tertiary alicyclic amines) is 1. The number of piperazine rings is 1. The van der Waals surface area contributed by atoms with E-state index in [0.717, 1.165) is 50.9 Å². The topological polar surface area (TPSA) is 64.7 Å². The number of amides is 2. The fourth-order valence-electron chi connectivity index (χ4n) is 4.85. The number of carbonyl (C=O) groups excluding carboxylic acids is 2. The van der Waals surface area contributed by atoms with E-state index in [2.05, 4.69) is 15.5 Å². The molecule has 3 aliphatic heterocycles. The Kier molecular flexibility index (Phi) is 6.45. The Morgan fingerprint density at radius 1 is 1.17 bits per heavy atom. The molecule has 0 unspecified atom stereocenters. The molecule has 1 aromatic carbocycles. The maximum atomic E-state index is 13.1. The molecule has 1 aromatic rings. The summed E-state index contributed by atoms with van der Waals surface area (Å²) in [5.74, 6) is 0.114. The van der Waals surface area contributed by atoms with Crippen LogP contribution in [0, 0.1) is 5.82 Å². The maximum absolute atomic E-state index is 13.1. The molecule has 0 aliphatic carbocycles. The minimum atomic E-state index is -0.231. The van der Waals surface area contributed by atoms with Gasteiger partial charge in [0.2, 0.25) is 11.8 Å². The predicted octanol–water partition coefficient (Wildman–Crippen LogP) is 1.65. The van der Waals surface area contributed by atoms with Gasteiger partial charge in [-0.3, -0.25) is 14.5 Å². The highest BCUT2D eigenvalue weighted by molar-refractivity contribution is 5.83. The highest BCUT2D eigenvalue weighted by atomic mass is 19.1. The fraction of sp³-hybridized carbons (Fsp3) is 0.636. The monoisotopic (exact) mass is 402 g/mol. The molecule has 0 spiro atoms. The summed E-state index contributed by atoms with van der Waals surface area (Å²) in [5, 5.41) is 6.54. The molecule has 3 fully saturated rings. The minimum Gasteiger partial charge on any atom is -0.353 e. The third-order valence-electron chi connectivity index (χ3n) is 6.53. The van der Waals surface area contributed by atoms with Crippen molar-refractivity contribution in [3.8, 4) is 0 Å². The molecule has 0 saturated carbocycles. The normalized spacial score (nSPS) is 27.6. The number of halogens is 1. The van der Waals surface area contributed by atoms with E-state index in [9.17, 15) is 14.0 Å². The van der Waals surface area contributed by atoms with Crippen LogP contribution < -0.4 is 10.6 Å². The van der Waals surface area contributed by atoms with Crippen LogP contribution in [-0.2, 0) is 16.1 Å². The summed E-state index contributed by atoms with van der Waals surface area (Å²) < 4.78 is 13.1. The third-order valence-corrected chi connectivity index (χ3v) is 6.53. The molecule has 2 N–H and O–H groups in total. The summed E-state index contributed by atoms with van der Waals surface area (Å²) in [6.45, 7) is 3.87. The van der Waals surface area contributed by atoms with Gasteiger partial charge in [0, 0.05) is 51.2 Å². The summed E-state index contributed by atoms with van der Waals surface area (Å²) in [6, 6.07) is 6.82. The van der Waals surface area contributed by atoms with Crippen LogP contribution in [-0.4, -0.2) is 65.9 Å². The van der Waals surface area contributed by atoms with Crippen LogP contribution in [0.25, 0.3) is 0 Å². The van der Waals surface area contributed by atoms with Gasteiger partial charge < -0.3 is 15.5 Å². The largest absolute Gasteiger partial charge is 0.353 e. The Balaban J connectivity index is 1.29. The zero-order valence-corrected chi connectivity index (χ0v) is 16.9. The lowest BCUT2D eigenvalue weighted by Gasteiger charge is -2.37. The van der Waals surface area contributed by atoms with Crippen molar-refractivity contribution >= 4 is 11.8 Å². The number of nitrogens with zero attached hydrogens (tertiary/aromatic N) is 2. The van der Waals surface area contributed by atoms with Gasteiger partial charge in [0.25, 0.3) is 0 Å². The number of rotatable bonds is 6. The van der Waals surface area contributed by atoms with E-state index in [4.69, 9.17) is 0 Å². The first-order valence-corrected chi connectivity index (χ1v) is 10.9. The van der Waals surface area contributed by atoms with Crippen LogP contribution in [0.1, 0.15) is 44.1 Å². The predicted molar refractivity (Wildman–Crippen MR) is 109 cm³/mol. The van der Waals surface area contributed by atoms with E-state index < -0.39 is 0 Å². The van der Waals surface area contributed by atoms with Crippen molar-refractivity contribution in [2.45, 2.75) is 63.2 Å². The molecule has 3 saturated heterocycles. The van der Waals surface area contributed by atoms with E-state index in [0.29, 0.717) is 19.5 Å². The fourth-order valence-corrected chi connectivity index (χ4v) is 4.85. The summed E-state index contributed by atoms with van der Waals surface area (Å²) in [5.41, 5.74) is 1.03. The maximum Gasteiger partial charge on any atom is 0.237 e. The van der Waals surface area contributed by atoms with Crippen molar-refractivity contribution in [2.75, 3.05) is 26.2 Å². The molecule has 0 aromatic heterocycles. The van der Waals surface area contributed by atoms with Gasteiger partial charge >= 0.3 is 0 Å². The van der Waals surface area contributed by atoms with E-state index in [-0.39, 0.29) is 35.8 Å². The minimum absolute atomic E-state index is 0.0923. The number of benzene rings is 1. The Morgan fingerprint density at radius 2 is 1.93 bits per heavy atom. The standard InChI is InChI=1S/C22H31FN4O2/c23-17-6-4-16(5-7-17)13-24-18-12-20-22(29)25-14-19(27(20)15-18)8-9-21(28)26-10-2-1-3-11-26/h4-7,18-20,24H,1-3,8-15H2,(H,25,29)/t18-,19-,20-/m1/s1. The highest BCUT2D eigenvalue weighted by Crippen LogP contribution is 2.26. The van der Waals surface area contributed by atoms with Crippen molar-refractivity contribution in [2.24, 2.45) is 0 Å². The highest BCUT2D eigenvalue weighted by Gasteiger charge is 2.43. The van der Waals surface area contributed by atoms with Crippen molar-refractivity contribution in [3.63, 3.8) is 0 Å². The van der Waals surface area contributed by atoms with Crippen molar-refractivity contribution in [1.29, 1.82) is 0 Å². The summed E-state index contributed by atoms with van der Waals surface area (Å²) in [4.78, 5) is 29.2. The number of nitrogens with one attached hydrogen (secondary N) is 2. The lowest BCUT2D eigenvalue weighted by molar-refractivity contribution is -0.133. The first-order chi connectivity index (χ1) is 14.1.